The van der Waals surface area contributed by atoms with Gasteiger partial charge in [0.25, 0.3) is 10.0 Å². The molecule has 0 spiro atoms. The SMILES string of the molecule is CC(CNC(=O)Cc1ccc(S(=O)(=O)N2CCCC2)s1)C(=O)O. The zero-order valence-electron chi connectivity index (χ0n) is 12.8. The quantitative estimate of drug-likeness (QED) is 0.752. The van der Waals surface area contributed by atoms with Crippen molar-refractivity contribution in [1.29, 1.82) is 0 Å². The van der Waals surface area contributed by atoms with Gasteiger partial charge in [0.15, 0.2) is 0 Å². The smallest absolute Gasteiger partial charge is 0.308 e. The summed E-state index contributed by atoms with van der Waals surface area (Å²) in [5.41, 5.74) is 0. The molecule has 2 rings (SSSR count). The van der Waals surface area contributed by atoms with Gasteiger partial charge in [0.1, 0.15) is 4.21 Å². The van der Waals surface area contributed by atoms with E-state index in [1.807, 2.05) is 0 Å². The number of amides is 1. The Morgan fingerprint density at radius 3 is 2.61 bits per heavy atom. The normalized spacial score (nSPS) is 17.1. The molecule has 1 fully saturated rings. The summed E-state index contributed by atoms with van der Waals surface area (Å²) in [5, 5.41) is 11.3. The molecule has 0 radical (unpaired) electrons. The zero-order chi connectivity index (χ0) is 17.0. The number of thiophene rings is 1. The van der Waals surface area contributed by atoms with Crippen LogP contribution < -0.4 is 5.32 Å². The first-order chi connectivity index (χ1) is 10.8. The van der Waals surface area contributed by atoms with E-state index in [0.717, 1.165) is 24.2 Å². The number of rotatable bonds is 7. The third-order valence-electron chi connectivity index (χ3n) is 3.66. The van der Waals surface area contributed by atoms with Gasteiger partial charge < -0.3 is 10.4 Å². The molecule has 128 valence electrons. The van der Waals surface area contributed by atoms with Crippen molar-refractivity contribution in [3.05, 3.63) is 17.0 Å². The van der Waals surface area contributed by atoms with Gasteiger partial charge in [0.05, 0.1) is 12.3 Å². The number of hydrogen-bond donors (Lipinski definition) is 2. The molecule has 0 aliphatic carbocycles. The number of carbonyl (C=O) groups excluding carboxylic acids is 1. The number of hydrogen-bond acceptors (Lipinski definition) is 5. The lowest BCUT2D eigenvalue weighted by Gasteiger charge is -2.13. The monoisotopic (exact) mass is 360 g/mol. The zero-order valence-corrected chi connectivity index (χ0v) is 14.5. The van der Waals surface area contributed by atoms with Crippen LogP contribution in [0.2, 0.25) is 0 Å². The summed E-state index contributed by atoms with van der Waals surface area (Å²) in [6, 6.07) is 3.16. The highest BCUT2D eigenvalue weighted by molar-refractivity contribution is 7.91. The van der Waals surface area contributed by atoms with Crippen LogP contribution in [-0.4, -0.2) is 49.3 Å². The van der Waals surface area contributed by atoms with Crippen LogP contribution in [0.5, 0.6) is 0 Å². The molecule has 1 aromatic rings. The van der Waals surface area contributed by atoms with Crippen molar-refractivity contribution in [1.82, 2.24) is 9.62 Å². The van der Waals surface area contributed by atoms with Crippen LogP contribution in [0.3, 0.4) is 0 Å². The van der Waals surface area contributed by atoms with Gasteiger partial charge in [-0.1, -0.05) is 6.92 Å². The molecule has 1 amide bonds. The van der Waals surface area contributed by atoms with Gasteiger partial charge in [-0.05, 0) is 25.0 Å². The summed E-state index contributed by atoms with van der Waals surface area (Å²) < 4.78 is 26.5. The first-order valence-corrected chi connectivity index (χ1v) is 9.64. The fourth-order valence-corrected chi connectivity index (χ4v) is 5.25. The van der Waals surface area contributed by atoms with Gasteiger partial charge in [-0.3, -0.25) is 9.59 Å². The topological polar surface area (TPSA) is 104 Å². The van der Waals surface area contributed by atoms with Crippen LogP contribution >= 0.6 is 11.3 Å². The number of sulfonamides is 1. The summed E-state index contributed by atoms with van der Waals surface area (Å²) in [5.74, 6) is -1.95. The fraction of sp³-hybridized carbons (Fsp3) is 0.571. The molecule has 0 aromatic carbocycles. The molecule has 1 unspecified atom stereocenters. The van der Waals surface area contributed by atoms with Crippen LogP contribution in [0.4, 0.5) is 0 Å². The van der Waals surface area contributed by atoms with Crippen molar-refractivity contribution < 1.29 is 23.1 Å². The number of nitrogens with zero attached hydrogens (tertiary/aromatic N) is 1. The minimum atomic E-state index is -3.45. The molecule has 1 saturated heterocycles. The standard InChI is InChI=1S/C14H20N2O5S2/c1-10(14(18)19)9-15-12(17)8-11-4-5-13(22-11)23(20,21)16-6-2-3-7-16/h4-5,10H,2-3,6-9H2,1H3,(H,15,17)(H,18,19). The molecule has 2 N–H and O–H groups in total. The molecule has 9 heteroatoms. The Bertz CT molecular complexity index is 677. The van der Waals surface area contributed by atoms with Crippen LogP contribution in [-0.2, 0) is 26.0 Å². The second kappa shape index (κ2) is 7.41. The van der Waals surface area contributed by atoms with Gasteiger partial charge in [-0.25, -0.2) is 8.42 Å². The van der Waals surface area contributed by atoms with E-state index in [1.54, 1.807) is 6.07 Å². The minimum absolute atomic E-state index is 0.0481. The number of nitrogens with one attached hydrogen (secondary N) is 1. The third kappa shape index (κ3) is 4.52. The van der Waals surface area contributed by atoms with Crippen molar-refractivity contribution >= 4 is 33.2 Å². The Morgan fingerprint density at radius 2 is 2.00 bits per heavy atom. The molecule has 0 bridgehead atoms. The van der Waals surface area contributed by atoms with E-state index in [4.69, 9.17) is 5.11 Å². The van der Waals surface area contributed by atoms with E-state index < -0.39 is 21.9 Å². The van der Waals surface area contributed by atoms with E-state index in [-0.39, 0.29) is 23.1 Å². The molecular formula is C14H20N2O5S2. The van der Waals surface area contributed by atoms with Gasteiger partial charge in [0.2, 0.25) is 5.91 Å². The predicted molar refractivity (Wildman–Crippen MR) is 85.8 cm³/mol. The van der Waals surface area contributed by atoms with Crippen molar-refractivity contribution in [2.45, 2.75) is 30.4 Å². The van der Waals surface area contributed by atoms with Crippen molar-refractivity contribution in [3.63, 3.8) is 0 Å². The van der Waals surface area contributed by atoms with Crippen LogP contribution in [0.15, 0.2) is 16.3 Å². The Hall–Kier alpha value is -1.45. The second-order valence-corrected chi connectivity index (χ2v) is 8.89. The molecule has 1 aliphatic rings. The number of aliphatic carboxylic acids is 1. The van der Waals surface area contributed by atoms with E-state index in [9.17, 15) is 18.0 Å². The van der Waals surface area contributed by atoms with Gasteiger partial charge in [-0.2, -0.15) is 4.31 Å². The van der Waals surface area contributed by atoms with Crippen molar-refractivity contribution in [3.8, 4) is 0 Å². The van der Waals surface area contributed by atoms with Crippen LogP contribution in [0.1, 0.15) is 24.6 Å². The lowest BCUT2D eigenvalue weighted by Crippen LogP contribution is -2.32. The molecule has 1 atom stereocenters. The summed E-state index contributed by atoms with van der Waals surface area (Å²) in [6.45, 7) is 2.65. The average Bonchev–Trinajstić information content (AvgIpc) is 3.16. The number of carboxylic acid groups (broad SMARTS) is 1. The summed E-state index contributed by atoms with van der Waals surface area (Å²) in [7, 11) is -3.45. The van der Waals surface area contributed by atoms with Crippen LogP contribution in [0.25, 0.3) is 0 Å². The highest BCUT2D eigenvalue weighted by Gasteiger charge is 2.28. The average molecular weight is 360 g/mol. The summed E-state index contributed by atoms with van der Waals surface area (Å²) in [4.78, 5) is 23.1. The molecule has 0 saturated carbocycles. The van der Waals surface area contributed by atoms with E-state index in [2.05, 4.69) is 5.32 Å². The second-order valence-electron chi connectivity index (χ2n) is 5.55. The molecule has 7 nitrogen and oxygen atoms in total. The van der Waals surface area contributed by atoms with Gasteiger partial charge in [-0.15, -0.1) is 11.3 Å². The Balaban J connectivity index is 1.94. The lowest BCUT2D eigenvalue weighted by molar-refractivity contribution is -0.141. The summed E-state index contributed by atoms with van der Waals surface area (Å²) >= 11 is 1.09. The predicted octanol–water partition coefficient (Wildman–Crippen LogP) is 0.912. The number of carboxylic acids is 1. The largest absolute Gasteiger partial charge is 0.481 e. The third-order valence-corrected chi connectivity index (χ3v) is 7.11. The maximum Gasteiger partial charge on any atom is 0.308 e. The first kappa shape index (κ1) is 17.9. The lowest BCUT2D eigenvalue weighted by atomic mass is 10.2. The van der Waals surface area contributed by atoms with Crippen LogP contribution in [0, 0.1) is 5.92 Å². The molecular weight excluding hydrogens is 340 g/mol. The maximum absolute atomic E-state index is 12.4. The Kier molecular flexibility index (Phi) is 5.77. The minimum Gasteiger partial charge on any atom is -0.481 e. The fourth-order valence-electron chi connectivity index (χ4n) is 2.22. The maximum atomic E-state index is 12.4. The first-order valence-electron chi connectivity index (χ1n) is 7.39. The molecule has 2 heterocycles. The van der Waals surface area contributed by atoms with E-state index >= 15 is 0 Å². The van der Waals surface area contributed by atoms with E-state index in [1.165, 1.54) is 17.3 Å². The highest BCUT2D eigenvalue weighted by Crippen LogP contribution is 2.27. The van der Waals surface area contributed by atoms with Gasteiger partial charge >= 0.3 is 5.97 Å². The summed E-state index contributed by atoms with van der Waals surface area (Å²) in [6.07, 6.45) is 1.80. The number of carbonyl (C=O) groups is 2. The van der Waals surface area contributed by atoms with E-state index in [0.29, 0.717) is 18.0 Å². The highest BCUT2D eigenvalue weighted by atomic mass is 32.2. The Morgan fingerprint density at radius 1 is 1.35 bits per heavy atom. The van der Waals surface area contributed by atoms with Crippen molar-refractivity contribution in [2.24, 2.45) is 5.92 Å². The molecule has 23 heavy (non-hydrogen) atoms. The molecule has 1 aromatic heterocycles. The molecule has 1 aliphatic heterocycles. The van der Waals surface area contributed by atoms with Gasteiger partial charge in [0, 0.05) is 24.5 Å². The van der Waals surface area contributed by atoms with Crippen molar-refractivity contribution in [2.75, 3.05) is 19.6 Å². The Labute approximate surface area is 139 Å².